The number of hydrogen-bond acceptors (Lipinski definition) is 5. The zero-order valence-electron chi connectivity index (χ0n) is 14.7. The van der Waals surface area contributed by atoms with Crippen molar-refractivity contribution < 1.29 is 22.8 Å². The number of hydrogen-bond donors (Lipinski definition) is 1. The zero-order valence-corrected chi connectivity index (χ0v) is 15.5. The molecule has 1 saturated carbocycles. The summed E-state index contributed by atoms with van der Waals surface area (Å²) in [7, 11) is 0. The number of carbonyl (C=O) groups is 2. The van der Waals surface area contributed by atoms with Crippen LogP contribution in [-0.4, -0.2) is 38.4 Å². The van der Waals surface area contributed by atoms with Gasteiger partial charge in [-0.25, -0.2) is 0 Å². The molecule has 28 heavy (non-hydrogen) atoms. The van der Waals surface area contributed by atoms with Crippen molar-refractivity contribution in [3.8, 4) is 0 Å². The highest BCUT2D eigenvalue weighted by Gasteiger charge is 2.36. The van der Waals surface area contributed by atoms with Crippen LogP contribution in [0.5, 0.6) is 0 Å². The zero-order chi connectivity index (χ0) is 20.1. The van der Waals surface area contributed by atoms with Gasteiger partial charge in [0.05, 0.1) is 22.2 Å². The van der Waals surface area contributed by atoms with E-state index in [1.54, 1.807) is 13.3 Å². The van der Waals surface area contributed by atoms with E-state index >= 15 is 0 Å². The smallest absolute Gasteiger partial charge is 0.323 e. The van der Waals surface area contributed by atoms with Gasteiger partial charge in [0.25, 0.3) is 0 Å². The number of halogens is 3. The molecule has 0 bridgehead atoms. The predicted molar refractivity (Wildman–Crippen MR) is 96.0 cm³/mol. The lowest BCUT2D eigenvalue weighted by molar-refractivity contribution is -0.137. The normalized spacial score (nSPS) is 17.9. The molecule has 2 heterocycles. The molecule has 0 spiro atoms. The van der Waals surface area contributed by atoms with Crippen molar-refractivity contribution in [2.45, 2.75) is 42.4 Å². The number of alkyl halides is 3. The average molecular weight is 411 g/mol. The fourth-order valence-electron chi connectivity index (χ4n) is 3.01. The van der Waals surface area contributed by atoms with Crippen LogP contribution in [-0.2, 0) is 15.8 Å². The van der Waals surface area contributed by atoms with Gasteiger partial charge in [0.1, 0.15) is 12.9 Å². The number of rotatable bonds is 4. The number of anilines is 2. The lowest BCUT2D eigenvalue weighted by Crippen LogP contribution is -2.45. The molecule has 0 radical (unpaired) electrons. The molecule has 2 aliphatic rings. The molecule has 7 nitrogen and oxygen atoms in total. The highest BCUT2D eigenvalue weighted by atomic mass is 32.2. The molecular formula is C17H16F3N5O2S. The van der Waals surface area contributed by atoms with Gasteiger partial charge in [-0.1, -0.05) is 11.8 Å². The highest BCUT2D eigenvalue weighted by molar-refractivity contribution is 8.00. The van der Waals surface area contributed by atoms with Crippen molar-refractivity contribution in [2.24, 2.45) is 0 Å². The Morgan fingerprint density at radius 3 is 2.79 bits per heavy atom. The summed E-state index contributed by atoms with van der Waals surface area (Å²) in [5.41, 5.74) is -0.674. The maximum absolute atomic E-state index is 13.0. The maximum Gasteiger partial charge on any atom is 0.416 e. The van der Waals surface area contributed by atoms with Gasteiger partial charge in [-0.15, -0.1) is 10.2 Å². The molecule has 1 aromatic heterocycles. The van der Waals surface area contributed by atoms with Gasteiger partial charge in [-0.05, 0) is 38.0 Å². The van der Waals surface area contributed by atoms with Crippen molar-refractivity contribution >= 4 is 35.0 Å². The van der Waals surface area contributed by atoms with Crippen LogP contribution in [0.4, 0.5) is 24.5 Å². The second kappa shape index (κ2) is 6.80. The van der Waals surface area contributed by atoms with Gasteiger partial charge in [0.2, 0.25) is 11.8 Å². The molecule has 1 fully saturated rings. The average Bonchev–Trinajstić information content (AvgIpc) is 3.38. The van der Waals surface area contributed by atoms with E-state index in [-0.39, 0.29) is 23.8 Å². The van der Waals surface area contributed by atoms with Crippen molar-refractivity contribution in [1.29, 1.82) is 0 Å². The largest absolute Gasteiger partial charge is 0.416 e. The second-order valence-corrected chi connectivity index (χ2v) is 8.02. The minimum Gasteiger partial charge on any atom is -0.323 e. The summed E-state index contributed by atoms with van der Waals surface area (Å²) >= 11 is 1.22. The quantitative estimate of drug-likeness (QED) is 0.782. The molecule has 11 heteroatoms. The fourth-order valence-corrected chi connectivity index (χ4v) is 3.97. The lowest BCUT2D eigenvalue weighted by Gasteiger charge is -2.31. The van der Waals surface area contributed by atoms with Crippen LogP contribution in [0.25, 0.3) is 0 Å². The first-order chi connectivity index (χ1) is 13.2. The number of thioether (sulfide) groups is 1. The summed E-state index contributed by atoms with van der Waals surface area (Å²) in [6.45, 7) is 1.42. The van der Waals surface area contributed by atoms with Gasteiger partial charge < -0.3 is 9.88 Å². The minimum absolute atomic E-state index is 0.0298. The molecule has 148 valence electrons. The molecule has 4 rings (SSSR count). The first-order valence-corrected chi connectivity index (χ1v) is 9.50. The van der Waals surface area contributed by atoms with Gasteiger partial charge in [0.15, 0.2) is 5.16 Å². The number of nitrogens with one attached hydrogen (secondary N) is 1. The van der Waals surface area contributed by atoms with Crippen LogP contribution in [0.2, 0.25) is 0 Å². The standard InChI is InChI=1S/C17H16F3N5O2S/c1-9(28-16-23-21-8-25(16)11-3-4-11)15(27)24-7-14(26)22-12-6-10(17(18,19)20)2-5-13(12)24/h2,5-6,8-9,11H,3-4,7H2,1H3,(H,22,26). The molecule has 1 N–H and O–H groups in total. The SMILES string of the molecule is CC(Sc1nncn1C1CC1)C(=O)N1CC(=O)Nc2cc(C(F)(F)F)ccc21. The first-order valence-electron chi connectivity index (χ1n) is 8.62. The number of carbonyl (C=O) groups excluding carboxylic acids is 2. The van der Waals surface area contributed by atoms with E-state index in [9.17, 15) is 22.8 Å². The van der Waals surface area contributed by atoms with E-state index in [1.165, 1.54) is 22.7 Å². The number of benzene rings is 1. The van der Waals surface area contributed by atoms with Crippen molar-refractivity contribution in [3.63, 3.8) is 0 Å². The van der Waals surface area contributed by atoms with E-state index in [0.29, 0.717) is 11.2 Å². The van der Waals surface area contributed by atoms with E-state index in [4.69, 9.17) is 0 Å². The van der Waals surface area contributed by atoms with Gasteiger partial charge >= 0.3 is 6.18 Å². The molecule has 1 aromatic carbocycles. The van der Waals surface area contributed by atoms with Crippen LogP contribution in [0.15, 0.2) is 29.7 Å². The summed E-state index contributed by atoms with van der Waals surface area (Å²) in [6, 6.07) is 3.30. The van der Waals surface area contributed by atoms with Crippen LogP contribution in [0.3, 0.4) is 0 Å². The Morgan fingerprint density at radius 2 is 2.11 bits per heavy atom. The third kappa shape index (κ3) is 3.58. The summed E-state index contributed by atoms with van der Waals surface area (Å²) in [6.07, 6.45) is -0.841. The molecular weight excluding hydrogens is 395 g/mol. The monoisotopic (exact) mass is 411 g/mol. The molecule has 1 aliphatic heterocycles. The van der Waals surface area contributed by atoms with Crippen molar-refractivity contribution in [2.75, 3.05) is 16.8 Å². The molecule has 2 amide bonds. The van der Waals surface area contributed by atoms with Crippen LogP contribution >= 0.6 is 11.8 Å². The van der Waals surface area contributed by atoms with Gasteiger partial charge in [-0.2, -0.15) is 13.2 Å². The maximum atomic E-state index is 13.0. The molecule has 1 atom stereocenters. The van der Waals surface area contributed by atoms with Crippen molar-refractivity contribution in [1.82, 2.24) is 14.8 Å². The van der Waals surface area contributed by atoms with E-state index in [0.717, 1.165) is 25.0 Å². The lowest BCUT2D eigenvalue weighted by atomic mass is 10.1. The summed E-state index contributed by atoms with van der Waals surface area (Å²) in [5.74, 6) is -0.926. The highest BCUT2D eigenvalue weighted by Crippen LogP contribution is 2.40. The molecule has 1 unspecified atom stereocenters. The van der Waals surface area contributed by atoms with E-state index < -0.39 is 22.9 Å². The first kappa shape index (κ1) is 18.8. The Kier molecular flexibility index (Phi) is 4.56. The Morgan fingerprint density at radius 1 is 1.36 bits per heavy atom. The number of fused-ring (bicyclic) bond motifs is 1. The summed E-state index contributed by atoms with van der Waals surface area (Å²) in [4.78, 5) is 26.1. The van der Waals surface area contributed by atoms with Crippen LogP contribution < -0.4 is 10.2 Å². The summed E-state index contributed by atoms with van der Waals surface area (Å²) < 4.78 is 40.8. The molecule has 0 saturated heterocycles. The molecule has 2 aromatic rings. The minimum atomic E-state index is -4.54. The van der Waals surface area contributed by atoms with Crippen LogP contribution in [0, 0.1) is 0 Å². The van der Waals surface area contributed by atoms with E-state index in [1.807, 2.05) is 4.57 Å². The van der Waals surface area contributed by atoms with Gasteiger partial charge in [-0.3, -0.25) is 14.5 Å². The Bertz CT molecular complexity index is 941. The van der Waals surface area contributed by atoms with Gasteiger partial charge in [0, 0.05) is 6.04 Å². The topological polar surface area (TPSA) is 80.1 Å². The second-order valence-electron chi connectivity index (χ2n) is 6.71. The number of nitrogens with zero attached hydrogens (tertiary/aromatic N) is 4. The van der Waals surface area contributed by atoms with Crippen LogP contribution in [0.1, 0.15) is 31.4 Å². The summed E-state index contributed by atoms with van der Waals surface area (Å²) in [5, 5.41) is 10.4. The number of amides is 2. The van der Waals surface area contributed by atoms with Crippen molar-refractivity contribution in [3.05, 3.63) is 30.1 Å². The van der Waals surface area contributed by atoms with E-state index in [2.05, 4.69) is 15.5 Å². The fraction of sp³-hybridized carbons (Fsp3) is 0.412. The third-order valence-corrected chi connectivity index (χ3v) is 5.63. The predicted octanol–water partition coefficient (Wildman–Crippen LogP) is 3.10. The molecule has 1 aliphatic carbocycles. The Hall–Kier alpha value is -2.56. The number of aromatic nitrogens is 3. The Labute approximate surface area is 162 Å². The Balaban J connectivity index is 1.57. The third-order valence-electron chi connectivity index (χ3n) is 4.57.